The summed E-state index contributed by atoms with van der Waals surface area (Å²) in [5, 5.41) is 1.96. The first kappa shape index (κ1) is 16.7. The highest BCUT2D eigenvalue weighted by Crippen LogP contribution is 2.48. The standard InChI is InChI=1S/C22H19ClN4S/c1-12-25-19-18-17(13-6-8-14(23)9-7-13)15-4-2-3-5-16(15)26-22(18)28-20(19)21-24-10-11-27(12)21/h6-9H,2-5,10-11H2,1H3. The van der Waals surface area contributed by atoms with Crippen molar-refractivity contribution >= 4 is 50.5 Å². The number of aryl methyl sites for hydroxylation is 1. The molecule has 3 aromatic rings. The van der Waals surface area contributed by atoms with Crippen molar-refractivity contribution in [2.24, 2.45) is 9.98 Å². The lowest BCUT2D eigenvalue weighted by Crippen LogP contribution is -2.34. The van der Waals surface area contributed by atoms with Crippen LogP contribution in [0.3, 0.4) is 0 Å². The molecule has 140 valence electrons. The molecule has 0 radical (unpaired) electrons. The molecule has 28 heavy (non-hydrogen) atoms. The molecule has 0 amide bonds. The van der Waals surface area contributed by atoms with Crippen molar-refractivity contribution in [3.8, 4) is 11.1 Å². The van der Waals surface area contributed by atoms with Crippen LogP contribution >= 0.6 is 22.9 Å². The molecule has 1 aliphatic carbocycles. The topological polar surface area (TPSA) is 40.9 Å². The Morgan fingerprint density at radius 3 is 2.79 bits per heavy atom. The van der Waals surface area contributed by atoms with E-state index in [0.717, 1.165) is 53.1 Å². The van der Waals surface area contributed by atoms with Crippen LogP contribution in [0.2, 0.25) is 5.02 Å². The Morgan fingerprint density at radius 1 is 1.11 bits per heavy atom. The molecule has 4 heterocycles. The second kappa shape index (κ2) is 6.13. The highest BCUT2D eigenvalue weighted by atomic mass is 35.5. The third kappa shape index (κ3) is 2.32. The van der Waals surface area contributed by atoms with E-state index >= 15 is 0 Å². The number of aromatic nitrogens is 1. The predicted molar refractivity (Wildman–Crippen MR) is 118 cm³/mol. The van der Waals surface area contributed by atoms with Crippen LogP contribution in [0.4, 0.5) is 5.69 Å². The summed E-state index contributed by atoms with van der Waals surface area (Å²) >= 11 is 7.93. The first-order valence-corrected chi connectivity index (χ1v) is 11.0. The van der Waals surface area contributed by atoms with Gasteiger partial charge in [0, 0.05) is 22.6 Å². The lowest BCUT2D eigenvalue weighted by atomic mass is 9.87. The molecule has 1 aromatic carbocycles. The third-order valence-corrected chi connectivity index (χ3v) is 7.25. The van der Waals surface area contributed by atoms with Gasteiger partial charge in [0.05, 0.1) is 17.1 Å². The molecule has 0 unspecified atom stereocenters. The Morgan fingerprint density at radius 2 is 1.93 bits per heavy atom. The van der Waals surface area contributed by atoms with Gasteiger partial charge in [0.1, 0.15) is 16.5 Å². The van der Waals surface area contributed by atoms with Gasteiger partial charge >= 0.3 is 0 Å². The van der Waals surface area contributed by atoms with Crippen LogP contribution in [-0.2, 0) is 12.8 Å². The van der Waals surface area contributed by atoms with Gasteiger partial charge in [-0.15, -0.1) is 11.3 Å². The van der Waals surface area contributed by atoms with Crippen molar-refractivity contribution in [3.63, 3.8) is 0 Å². The largest absolute Gasteiger partial charge is 0.312 e. The van der Waals surface area contributed by atoms with Gasteiger partial charge in [-0.2, -0.15) is 0 Å². The number of nitrogens with zero attached hydrogens (tertiary/aromatic N) is 4. The van der Waals surface area contributed by atoms with Crippen molar-refractivity contribution in [3.05, 3.63) is 45.4 Å². The Labute approximate surface area is 172 Å². The van der Waals surface area contributed by atoms with Crippen LogP contribution < -0.4 is 0 Å². The normalized spacial score (nSPS) is 17.9. The van der Waals surface area contributed by atoms with Gasteiger partial charge in [0.15, 0.2) is 0 Å². The fourth-order valence-electron chi connectivity index (χ4n) is 4.64. The van der Waals surface area contributed by atoms with Crippen molar-refractivity contribution < 1.29 is 0 Å². The number of hydrogen-bond acceptors (Lipinski definition) is 5. The fraction of sp³-hybridized carbons (Fsp3) is 0.318. The zero-order chi connectivity index (χ0) is 18.8. The summed E-state index contributed by atoms with van der Waals surface area (Å²) in [5.74, 6) is 2.11. The van der Waals surface area contributed by atoms with Crippen LogP contribution in [0.5, 0.6) is 0 Å². The molecule has 0 saturated heterocycles. The molecule has 0 fully saturated rings. The number of rotatable bonds is 1. The van der Waals surface area contributed by atoms with E-state index in [-0.39, 0.29) is 0 Å². The number of aliphatic imine (C=N–C) groups is 2. The smallest absolute Gasteiger partial charge is 0.149 e. The molecular weight excluding hydrogens is 388 g/mol. The van der Waals surface area contributed by atoms with Gasteiger partial charge < -0.3 is 4.90 Å². The number of pyridine rings is 1. The summed E-state index contributed by atoms with van der Waals surface area (Å²) in [7, 11) is 0. The summed E-state index contributed by atoms with van der Waals surface area (Å²) in [6.45, 7) is 3.84. The zero-order valence-corrected chi connectivity index (χ0v) is 17.2. The van der Waals surface area contributed by atoms with E-state index in [9.17, 15) is 0 Å². The van der Waals surface area contributed by atoms with Crippen LogP contribution in [-0.4, -0.2) is 34.6 Å². The molecule has 6 heteroatoms. The van der Waals surface area contributed by atoms with Crippen LogP contribution in [0, 0.1) is 0 Å². The molecule has 0 bridgehead atoms. The molecule has 0 spiro atoms. The van der Waals surface area contributed by atoms with Gasteiger partial charge in [0.25, 0.3) is 0 Å². The lowest BCUT2D eigenvalue weighted by Gasteiger charge is -2.24. The number of halogens is 1. The van der Waals surface area contributed by atoms with Gasteiger partial charge in [-0.25, -0.2) is 9.98 Å². The molecule has 0 atom stereocenters. The Hall–Kier alpha value is -2.24. The molecule has 2 aromatic heterocycles. The van der Waals surface area contributed by atoms with E-state index in [1.165, 1.54) is 45.5 Å². The van der Waals surface area contributed by atoms with Crippen LogP contribution in [0.25, 0.3) is 21.3 Å². The van der Waals surface area contributed by atoms with Crippen LogP contribution in [0.15, 0.2) is 34.3 Å². The maximum Gasteiger partial charge on any atom is 0.149 e. The second-order valence-electron chi connectivity index (χ2n) is 7.60. The number of hydrogen-bond donors (Lipinski definition) is 0. The molecule has 2 aliphatic heterocycles. The maximum absolute atomic E-state index is 6.18. The van der Waals surface area contributed by atoms with Gasteiger partial charge in [-0.05, 0) is 61.4 Å². The van der Waals surface area contributed by atoms with Gasteiger partial charge in [0.2, 0.25) is 0 Å². The minimum Gasteiger partial charge on any atom is -0.312 e. The summed E-state index contributed by atoms with van der Waals surface area (Å²) in [6, 6.07) is 8.23. The highest BCUT2D eigenvalue weighted by molar-refractivity contribution is 7.21. The number of amidine groups is 2. The van der Waals surface area contributed by atoms with Crippen LogP contribution in [0.1, 0.15) is 35.9 Å². The van der Waals surface area contributed by atoms with Crippen molar-refractivity contribution in [2.45, 2.75) is 32.6 Å². The monoisotopic (exact) mass is 406 g/mol. The second-order valence-corrected chi connectivity index (χ2v) is 9.04. The van der Waals surface area contributed by atoms with E-state index in [2.05, 4.69) is 24.0 Å². The molecule has 0 N–H and O–H groups in total. The quantitative estimate of drug-likeness (QED) is 0.526. The van der Waals surface area contributed by atoms with E-state index in [0.29, 0.717) is 0 Å². The van der Waals surface area contributed by atoms with E-state index in [1.807, 2.05) is 12.1 Å². The highest BCUT2D eigenvalue weighted by Gasteiger charge is 2.33. The van der Waals surface area contributed by atoms with E-state index in [4.69, 9.17) is 26.6 Å². The average Bonchev–Trinajstić information content (AvgIpc) is 3.32. The summed E-state index contributed by atoms with van der Waals surface area (Å²) in [4.78, 5) is 19.4. The minimum absolute atomic E-state index is 0.764. The predicted octanol–water partition coefficient (Wildman–Crippen LogP) is 5.62. The number of thiophene rings is 1. The average molecular weight is 407 g/mol. The molecule has 0 saturated carbocycles. The first-order chi connectivity index (χ1) is 13.7. The van der Waals surface area contributed by atoms with E-state index < -0.39 is 0 Å². The minimum atomic E-state index is 0.764. The van der Waals surface area contributed by atoms with Crippen molar-refractivity contribution in [1.29, 1.82) is 0 Å². The fourth-order valence-corrected chi connectivity index (χ4v) is 5.93. The Balaban J connectivity index is 1.73. The number of benzene rings is 1. The van der Waals surface area contributed by atoms with Crippen molar-refractivity contribution in [1.82, 2.24) is 9.88 Å². The molecule has 4 nitrogen and oxygen atoms in total. The zero-order valence-electron chi connectivity index (χ0n) is 15.6. The number of fused-ring (bicyclic) bond motifs is 6. The SMILES string of the molecule is CC1=Nc2c(sc3nc4c(c(-c5ccc(Cl)cc5)c23)CCCC4)C2=NCCN12. The van der Waals surface area contributed by atoms with Gasteiger partial charge in [-0.3, -0.25) is 4.99 Å². The Kier molecular flexibility index (Phi) is 3.65. The lowest BCUT2D eigenvalue weighted by molar-refractivity contribution is 0.659. The maximum atomic E-state index is 6.18. The summed E-state index contributed by atoms with van der Waals surface area (Å²) in [6.07, 6.45) is 4.57. The third-order valence-electron chi connectivity index (χ3n) is 5.93. The Bertz CT molecular complexity index is 1190. The molecule has 3 aliphatic rings. The summed E-state index contributed by atoms with van der Waals surface area (Å²) < 4.78 is 0. The van der Waals surface area contributed by atoms with Gasteiger partial charge in [-0.1, -0.05) is 23.7 Å². The molecular formula is C22H19ClN4S. The van der Waals surface area contributed by atoms with Crippen molar-refractivity contribution in [2.75, 3.05) is 13.1 Å². The first-order valence-electron chi connectivity index (χ1n) is 9.82. The molecule has 6 rings (SSSR count). The van der Waals surface area contributed by atoms with E-state index in [1.54, 1.807) is 11.3 Å². The summed E-state index contributed by atoms with van der Waals surface area (Å²) in [5.41, 5.74) is 6.22.